The number of carboxylic acid groups (broad SMARTS) is 2. The van der Waals surface area contributed by atoms with Gasteiger partial charge in [-0.3, -0.25) is 4.79 Å². The van der Waals surface area contributed by atoms with Crippen molar-refractivity contribution in [2.24, 2.45) is 5.92 Å². The van der Waals surface area contributed by atoms with Crippen LogP contribution < -0.4 is 20.1 Å². The maximum atomic E-state index is 14.3. The van der Waals surface area contributed by atoms with Crippen molar-refractivity contribution in [1.82, 2.24) is 10.6 Å². The summed E-state index contributed by atoms with van der Waals surface area (Å²) in [5.41, 5.74) is 0.485. The molecule has 1 atom stereocenters. The summed E-state index contributed by atoms with van der Waals surface area (Å²) in [6.07, 6.45) is 2.39. The van der Waals surface area contributed by atoms with Crippen molar-refractivity contribution < 1.29 is 47.2 Å². The summed E-state index contributed by atoms with van der Waals surface area (Å²) in [5.74, 6) is -5.81. The Kier molecular flexibility index (Phi) is 9.72. The van der Waals surface area contributed by atoms with E-state index in [1.807, 2.05) is 0 Å². The highest BCUT2D eigenvalue weighted by Gasteiger charge is 2.45. The summed E-state index contributed by atoms with van der Waals surface area (Å²) in [4.78, 5) is 31.2. The lowest BCUT2D eigenvalue weighted by molar-refractivity contribution is -0.134. The molecule has 1 aromatic carbocycles. The number of amides is 1. The van der Waals surface area contributed by atoms with Crippen molar-refractivity contribution in [3.05, 3.63) is 35.7 Å². The maximum absolute atomic E-state index is 14.3. The van der Waals surface area contributed by atoms with Crippen LogP contribution in [-0.2, 0) is 20.9 Å². The first-order valence-electron chi connectivity index (χ1n) is 10.5. The molecule has 1 amide bonds. The molecule has 0 spiro atoms. The maximum Gasteiger partial charge on any atom is 0.328 e. The number of carbonyl (C=O) groups is 3. The summed E-state index contributed by atoms with van der Waals surface area (Å²) in [6, 6.07) is 2.42. The second-order valence-electron chi connectivity index (χ2n) is 7.91. The van der Waals surface area contributed by atoms with Gasteiger partial charge in [0.2, 0.25) is 11.8 Å². The van der Waals surface area contributed by atoms with E-state index < -0.39 is 23.7 Å². The third-order valence-electron chi connectivity index (χ3n) is 5.18. The van der Waals surface area contributed by atoms with Crippen LogP contribution in [0.25, 0.3) is 0 Å². The molecule has 0 bridgehead atoms. The molecule has 1 saturated carbocycles. The Morgan fingerprint density at radius 1 is 1.18 bits per heavy atom. The smallest absolute Gasteiger partial charge is 0.328 e. The average molecular weight is 488 g/mol. The van der Waals surface area contributed by atoms with Gasteiger partial charge in [0.1, 0.15) is 5.75 Å². The lowest BCUT2D eigenvalue weighted by Gasteiger charge is -2.34. The molecule has 0 aromatic heterocycles. The minimum absolute atomic E-state index is 0.0374. The van der Waals surface area contributed by atoms with E-state index in [-0.39, 0.29) is 49.6 Å². The Labute approximate surface area is 193 Å². The molecule has 3 rings (SSSR count). The number of aliphatic carboxylic acids is 2. The van der Waals surface area contributed by atoms with Gasteiger partial charge in [0.05, 0.1) is 19.8 Å². The zero-order valence-electron chi connectivity index (χ0n) is 18.5. The molecule has 2 fully saturated rings. The van der Waals surface area contributed by atoms with Crippen molar-refractivity contribution in [2.45, 2.75) is 44.2 Å². The normalized spacial score (nSPS) is 19.0. The van der Waals surface area contributed by atoms with Crippen LogP contribution in [0.2, 0.25) is 0 Å². The summed E-state index contributed by atoms with van der Waals surface area (Å²) >= 11 is 0. The molecule has 0 unspecified atom stereocenters. The molecule has 0 radical (unpaired) electrons. The summed E-state index contributed by atoms with van der Waals surface area (Å²) in [5, 5.41) is 21.5. The molecule has 1 saturated heterocycles. The Morgan fingerprint density at radius 2 is 1.82 bits per heavy atom. The van der Waals surface area contributed by atoms with Gasteiger partial charge in [-0.05, 0) is 25.5 Å². The lowest BCUT2D eigenvalue weighted by atomic mass is 9.82. The Balaban J connectivity index is 0.000000440. The number of benzene rings is 1. The van der Waals surface area contributed by atoms with Crippen molar-refractivity contribution in [3.63, 3.8) is 0 Å². The second kappa shape index (κ2) is 12.3. The highest BCUT2D eigenvalue weighted by molar-refractivity contribution is 5.89. The highest BCUT2D eigenvalue weighted by atomic mass is 19.3. The SMILES string of the molecule is COc1cc(OCC2CC(F)(F)C2)c(F)cc1CNC(=O)[C@@H]1CCCN1.O=C(O)/C=C/C(=O)O. The van der Waals surface area contributed by atoms with E-state index in [2.05, 4.69) is 10.6 Å². The predicted molar refractivity (Wildman–Crippen MR) is 113 cm³/mol. The highest BCUT2D eigenvalue weighted by Crippen LogP contribution is 2.42. The van der Waals surface area contributed by atoms with Crippen LogP contribution in [0, 0.1) is 11.7 Å². The molecule has 2 aliphatic rings. The summed E-state index contributed by atoms with van der Waals surface area (Å²) in [7, 11) is 1.44. The first kappa shape index (κ1) is 27.0. The van der Waals surface area contributed by atoms with E-state index in [1.165, 1.54) is 19.2 Å². The third kappa shape index (κ3) is 8.58. The number of ether oxygens (including phenoxy) is 2. The number of methoxy groups -OCH3 is 1. The van der Waals surface area contributed by atoms with E-state index >= 15 is 0 Å². The van der Waals surface area contributed by atoms with E-state index in [1.54, 1.807) is 0 Å². The van der Waals surface area contributed by atoms with Gasteiger partial charge in [-0.2, -0.15) is 0 Å². The minimum Gasteiger partial charge on any atom is -0.496 e. The van der Waals surface area contributed by atoms with Crippen LogP contribution in [0.4, 0.5) is 13.2 Å². The quantitative estimate of drug-likeness (QED) is 0.389. The third-order valence-corrected chi connectivity index (χ3v) is 5.18. The summed E-state index contributed by atoms with van der Waals surface area (Å²) in [6.45, 7) is 0.986. The molecule has 1 aliphatic carbocycles. The first-order valence-corrected chi connectivity index (χ1v) is 10.5. The van der Waals surface area contributed by atoms with Crippen LogP contribution >= 0.6 is 0 Å². The predicted octanol–water partition coefficient (Wildman–Crippen LogP) is 2.34. The fourth-order valence-corrected chi connectivity index (χ4v) is 3.48. The molecule has 1 aliphatic heterocycles. The Morgan fingerprint density at radius 3 is 2.32 bits per heavy atom. The van der Waals surface area contributed by atoms with Crippen LogP contribution in [-0.4, -0.2) is 60.3 Å². The number of carboxylic acids is 2. The zero-order valence-corrected chi connectivity index (χ0v) is 18.5. The van der Waals surface area contributed by atoms with Crippen molar-refractivity contribution in [2.75, 3.05) is 20.3 Å². The van der Waals surface area contributed by atoms with Gasteiger partial charge in [0, 0.05) is 49.1 Å². The van der Waals surface area contributed by atoms with Crippen LogP contribution in [0.3, 0.4) is 0 Å². The fraction of sp³-hybridized carbons (Fsp3) is 0.500. The number of hydrogen-bond acceptors (Lipinski definition) is 6. The van der Waals surface area contributed by atoms with Crippen molar-refractivity contribution in [3.8, 4) is 11.5 Å². The number of hydrogen-bond donors (Lipinski definition) is 4. The van der Waals surface area contributed by atoms with Crippen LogP contribution in [0.5, 0.6) is 11.5 Å². The molecule has 34 heavy (non-hydrogen) atoms. The average Bonchev–Trinajstić information content (AvgIpc) is 3.29. The zero-order chi connectivity index (χ0) is 25.3. The van der Waals surface area contributed by atoms with Crippen molar-refractivity contribution in [1.29, 1.82) is 0 Å². The van der Waals surface area contributed by atoms with E-state index in [4.69, 9.17) is 19.7 Å². The molecule has 1 heterocycles. The van der Waals surface area contributed by atoms with Gasteiger partial charge in [-0.15, -0.1) is 0 Å². The monoisotopic (exact) mass is 488 g/mol. The van der Waals surface area contributed by atoms with Gasteiger partial charge in [0.15, 0.2) is 11.6 Å². The van der Waals surface area contributed by atoms with E-state index in [9.17, 15) is 27.6 Å². The van der Waals surface area contributed by atoms with E-state index in [0.717, 1.165) is 19.4 Å². The second-order valence-corrected chi connectivity index (χ2v) is 7.91. The lowest BCUT2D eigenvalue weighted by Crippen LogP contribution is -2.40. The minimum atomic E-state index is -2.62. The van der Waals surface area contributed by atoms with Gasteiger partial charge < -0.3 is 30.3 Å². The molecule has 9 nitrogen and oxygen atoms in total. The van der Waals surface area contributed by atoms with E-state index in [0.29, 0.717) is 23.5 Å². The molecule has 12 heteroatoms. The van der Waals surface area contributed by atoms with Gasteiger partial charge in [-0.25, -0.2) is 22.8 Å². The fourth-order valence-electron chi connectivity index (χ4n) is 3.48. The Hall–Kier alpha value is -3.28. The van der Waals surface area contributed by atoms with Crippen LogP contribution in [0.15, 0.2) is 24.3 Å². The van der Waals surface area contributed by atoms with Gasteiger partial charge in [-0.1, -0.05) is 0 Å². The molecule has 4 N–H and O–H groups in total. The summed E-state index contributed by atoms with van der Waals surface area (Å²) < 4.78 is 50.5. The number of alkyl halides is 2. The van der Waals surface area contributed by atoms with Crippen molar-refractivity contribution >= 4 is 17.8 Å². The molecule has 188 valence electrons. The molecule has 1 aromatic rings. The number of carbonyl (C=O) groups excluding carboxylic acids is 1. The number of halogens is 3. The van der Waals surface area contributed by atoms with Crippen LogP contribution in [0.1, 0.15) is 31.2 Å². The standard InChI is InChI=1S/C18H23F3N2O3.C4H4O4/c1-25-15-6-16(26-10-11-7-18(20,21)8-11)13(19)5-12(15)9-23-17(24)14-3-2-4-22-14;5-3(6)1-2-4(7)8/h5-6,11,14,22H,2-4,7-10H2,1H3,(H,23,24);1-2H,(H,5,6)(H,7,8)/b;2-1+/t14-;/m0./s1. The van der Waals surface area contributed by atoms with Gasteiger partial charge >= 0.3 is 11.9 Å². The molecular weight excluding hydrogens is 461 g/mol. The molecular formula is C22H27F3N2O7. The first-order chi connectivity index (χ1) is 16.0. The Bertz CT molecular complexity index is 894. The largest absolute Gasteiger partial charge is 0.496 e. The number of nitrogens with one attached hydrogen (secondary N) is 2. The number of rotatable bonds is 9. The topological polar surface area (TPSA) is 134 Å². The van der Waals surface area contributed by atoms with Gasteiger partial charge in [0.25, 0.3) is 0 Å².